The van der Waals surface area contributed by atoms with Gasteiger partial charge in [0.05, 0.1) is 12.8 Å². The highest BCUT2D eigenvalue weighted by molar-refractivity contribution is 7.88. The van der Waals surface area contributed by atoms with Gasteiger partial charge in [-0.15, -0.1) is 0 Å². The lowest BCUT2D eigenvalue weighted by atomic mass is 10.1. The number of rotatable bonds is 9. The molecule has 0 aliphatic carbocycles. The van der Waals surface area contributed by atoms with Gasteiger partial charge in [-0.25, -0.2) is 12.8 Å². The maximum atomic E-state index is 12.9. The van der Waals surface area contributed by atoms with Crippen LogP contribution in [0.2, 0.25) is 0 Å². The van der Waals surface area contributed by atoms with Gasteiger partial charge in [0, 0.05) is 13.1 Å². The van der Waals surface area contributed by atoms with Gasteiger partial charge in [-0.3, -0.25) is 4.79 Å². The number of carbonyl (C=O) groups is 1. The van der Waals surface area contributed by atoms with Crippen molar-refractivity contribution in [1.29, 1.82) is 0 Å². The van der Waals surface area contributed by atoms with E-state index in [1.54, 1.807) is 12.1 Å². The number of nitrogens with zero attached hydrogens (tertiary/aromatic N) is 1. The summed E-state index contributed by atoms with van der Waals surface area (Å²) in [6.45, 7) is 0.271. The first kappa shape index (κ1) is 20.1. The van der Waals surface area contributed by atoms with Crippen LogP contribution in [0.25, 0.3) is 0 Å². The largest absolute Gasteiger partial charge is 0.351 e. The molecule has 1 amide bonds. The van der Waals surface area contributed by atoms with Gasteiger partial charge in [0.15, 0.2) is 0 Å². The van der Waals surface area contributed by atoms with Crippen LogP contribution in [0.4, 0.5) is 4.39 Å². The zero-order valence-electron chi connectivity index (χ0n) is 14.7. The third-order valence-electron chi connectivity index (χ3n) is 3.91. The molecule has 1 N–H and O–H groups in total. The number of hydrogen-bond acceptors (Lipinski definition) is 3. The summed E-state index contributed by atoms with van der Waals surface area (Å²) in [4.78, 5) is 12.1. The van der Waals surface area contributed by atoms with E-state index in [-0.39, 0.29) is 31.4 Å². The van der Waals surface area contributed by atoms with Crippen molar-refractivity contribution in [2.75, 3.05) is 19.3 Å². The van der Waals surface area contributed by atoms with E-state index in [9.17, 15) is 17.6 Å². The summed E-state index contributed by atoms with van der Waals surface area (Å²) in [5.74, 6) is -0.735. The SMILES string of the molecule is CS(=O)(=O)N(CCCc1ccccc1)CC(=O)NCc1ccc(F)cc1. The lowest BCUT2D eigenvalue weighted by molar-refractivity contribution is -0.121. The summed E-state index contributed by atoms with van der Waals surface area (Å²) in [5, 5.41) is 2.66. The highest BCUT2D eigenvalue weighted by Gasteiger charge is 2.19. The second kappa shape index (κ2) is 9.45. The molecule has 0 aliphatic heterocycles. The van der Waals surface area contributed by atoms with Gasteiger partial charge in [0.2, 0.25) is 15.9 Å². The van der Waals surface area contributed by atoms with Crippen molar-refractivity contribution in [1.82, 2.24) is 9.62 Å². The monoisotopic (exact) mass is 378 g/mol. The van der Waals surface area contributed by atoms with E-state index in [0.29, 0.717) is 6.42 Å². The molecule has 140 valence electrons. The van der Waals surface area contributed by atoms with Crippen molar-refractivity contribution < 1.29 is 17.6 Å². The van der Waals surface area contributed by atoms with E-state index in [4.69, 9.17) is 0 Å². The van der Waals surface area contributed by atoms with Crippen LogP contribution in [0.3, 0.4) is 0 Å². The molecule has 0 bridgehead atoms. The Morgan fingerprint density at radius 1 is 1.04 bits per heavy atom. The molecule has 0 fully saturated rings. The van der Waals surface area contributed by atoms with Gasteiger partial charge in [0.1, 0.15) is 5.82 Å². The Morgan fingerprint density at radius 3 is 2.31 bits per heavy atom. The molecular formula is C19H23FN2O3S. The van der Waals surface area contributed by atoms with Gasteiger partial charge >= 0.3 is 0 Å². The summed E-state index contributed by atoms with van der Waals surface area (Å²) >= 11 is 0. The lowest BCUT2D eigenvalue weighted by Crippen LogP contribution is -2.40. The second-order valence-electron chi connectivity index (χ2n) is 6.09. The first-order chi connectivity index (χ1) is 12.3. The summed E-state index contributed by atoms with van der Waals surface area (Å²) in [7, 11) is -3.48. The maximum Gasteiger partial charge on any atom is 0.235 e. The molecule has 7 heteroatoms. The van der Waals surface area contributed by atoms with Crippen molar-refractivity contribution in [2.24, 2.45) is 0 Å². The van der Waals surface area contributed by atoms with Gasteiger partial charge in [-0.1, -0.05) is 42.5 Å². The van der Waals surface area contributed by atoms with Crippen LogP contribution in [-0.4, -0.2) is 38.0 Å². The third kappa shape index (κ3) is 6.93. The molecule has 5 nitrogen and oxygen atoms in total. The Hall–Kier alpha value is -2.25. The molecule has 0 spiro atoms. The molecule has 0 radical (unpaired) electrons. The summed E-state index contributed by atoms with van der Waals surface area (Å²) in [6, 6.07) is 15.5. The van der Waals surface area contributed by atoms with Crippen molar-refractivity contribution in [3.63, 3.8) is 0 Å². The Balaban J connectivity index is 1.84. The fourth-order valence-electron chi connectivity index (χ4n) is 2.49. The van der Waals surface area contributed by atoms with E-state index < -0.39 is 10.0 Å². The molecule has 2 aromatic carbocycles. The van der Waals surface area contributed by atoms with Crippen LogP contribution in [0, 0.1) is 5.82 Å². The van der Waals surface area contributed by atoms with Gasteiger partial charge in [0.25, 0.3) is 0 Å². The highest BCUT2D eigenvalue weighted by atomic mass is 32.2. The highest BCUT2D eigenvalue weighted by Crippen LogP contribution is 2.06. The van der Waals surface area contributed by atoms with E-state index >= 15 is 0 Å². The number of nitrogens with one attached hydrogen (secondary N) is 1. The zero-order chi connectivity index (χ0) is 19.0. The number of halogens is 1. The van der Waals surface area contributed by atoms with Gasteiger partial charge in [-0.2, -0.15) is 4.31 Å². The van der Waals surface area contributed by atoms with Crippen molar-refractivity contribution >= 4 is 15.9 Å². The number of sulfonamides is 1. The smallest absolute Gasteiger partial charge is 0.235 e. The predicted octanol–water partition coefficient (Wildman–Crippen LogP) is 2.34. The molecule has 26 heavy (non-hydrogen) atoms. The molecule has 0 atom stereocenters. The number of aryl methyl sites for hydroxylation is 1. The minimum Gasteiger partial charge on any atom is -0.351 e. The van der Waals surface area contributed by atoms with Crippen LogP contribution in [0.1, 0.15) is 17.5 Å². The number of hydrogen-bond donors (Lipinski definition) is 1. The fraction of sp³-hybridized carbons (Fsp3) is 0.316. The Labute approximate surface area is 153 Å². The summed E-state index contributed by atoms with van der Waals surface area (Å²) in [6.07, 6.45) is 2.47. The minimum atomic E-state index is -3.48. The van der Waals surface area contributed by atoms with E-state index in [2.05, 4.69) is 5.32 Å². The first-order valence-electron chi connectivity index (χ1n) is 8.35. The standard InChI is InChI=1S/C19H23FN2O3S/c1-26(24,25)22(13-5-8-16-6-3-2-4-7-16)15-19(23)21-14-17-9-11-18(20)12-10-17/h2-4,6-7,9-12H,5,8,13-15H2,1H3,(H,21,23). The molecule has 0 aromatic heterocycles. The molecule has 0 saturated heterocycles. The molecule has 0 heterocycles. The number of carbonyl (C=O) groups excluding carboxylic acids is 1. The minimum absolute atomic E-state index is 0.223. The van der Waals surface area contributed by atoms with Crippen molar-refractivity contribution in [2.45, 2.75) is 19.4 Å². The lowest BCUT2D eigenvalue weighted by Gasteiger charge is -2.19. The molecule has 0 unspecified atom stereocenters. The van der Waals surface area contributed by atoms with Crippen LogP contribution >= 0.6 is 0 Å². The number of benzene rings is 2. The average molecular weight is 378 g/mol. The van der Waals surface area contributed by atoms with Gasteiger partial charge < -0.3 is 5.32 Å². The average Bonchev–Trinajstić information content (AvgIpc) is 2.60. The third-order valence-corrected chi connectivity index (χ3v) is 5.16. The first-order valence-corrected chi connectivity index (χ1v) is 10.2. The molecular weight excluding hydrogens is 355 g/mol. The maximum absolute atomic E-state index is 12.9. The van der Waals surface area contributed by atoms with E-state index in [1.165, 1.54) is 16.4 Å². The Bertz CT molecular complexity index is 808. The second-order valence-corrected chi connectivity index (χ2v) is 8.07. The number of amides is 1. The van der Waals surface area contributed by atoms with E-state index in [0.717, 1.165) is 23.8 Å². The van der Waals surface area contributed by atoms with Crippen LogP contribution < -0.4 is 5.32 Å². The van der Waals surface area contributed by atoms with Crippen molar-refractivity contribution in [3.8, 4) is 0 Å². The fourth-order valence-corrected chi connectivity index (χ4v) is 3.30. The molecule has 0 aliphatic rings. The molecule has 2 rings (SSSR count). The molecule has 0 saturated carbocycles. The normalized spacial score (nSPS) is 11.5. The molecule has 2 aromatic rings. The van der Waals surface area contributed by atoms with Crippen LogP contribution in [-0.2, 0) is 27.8 Å². The Morgan fingerprint density at radius 2 is 1.69 bits per heavy atom. The van der Waals surface area contributed by atoms with Crippen LogP contribution in [0.15, 0.2) is 54.6 Å². The Kier molecular flexibility index (Phi) is 7.29. The van der Waals surface area contributed by atoms with Gasteiger partial charge in [-0.05, 0) is 36.1 Å². The van der Waals surface area contributed by atoms with Crippen molar-refractivity contribution in [3.05, 3.63) is 71.5 Å². The van der Waals surface area contributed by atoms with Crippen LogP contribution in [0.5, 0.6) is 0 Å². The summed E-state index contributed by atoms with van der Waals surface area (Å²) in [5.41, 5.74) is 1.87. The topological polar surface area (TPSA) is 66.5 Å². The summed E-state index contributed by atoms with van der Waals surface area (Å²) < 4.78 is 37.9. The zero-order valence-corrected chi connectivity index (χ0v) is 15.5. The predicted molar refractivity (Wildman–Crippen MR) is 99.4 cm³/mol. The quantitative estimate of drug-likeness (QED) is 0.728. The van der Waals surface area contributed by atoms with E-state index in [1.807, 2.05) is 30.3 Å².